The van der Waals surface area contributed by atoms with E-state index in [0.717, 1.165) is 61.9 Å². The van der Waals surface area contributed by atoms with Gasteiger partial charge in [-0.2, -0.15) is 5.10 Å². The summed E-state index contributed by atoms with van der Waals surface area (Å²) in [7, 11) is -3.01. The third-order valence-electron chi connectivity index (χ3n) is 6.38. The van der Waals surface area contributed by atoms with E-state index in [1.165, 1.54) is 4.88 Å². The number of anilines is 1. The van der Waals surface area contributed by atoms with Crippen molar-refractivity contribution < 1.29 is 13.2 Å². The van der Waals surface area contributed by atoms with Crippen molar-refractivity contribution >= 4 is 32.2 Å². The van der Waals surface area contributed by atoms with Crippen molar-refractivity contribution in [2.24, 2.45) is 5.92 Å². The van der Waals surface area contributed by atoms with Crippen molar-refractivity contribution in [2.75, 3.05) is 16.8 Å². The topological polar surface area (TPSA) is 93.9 Å². The fraction of sp³-hybridized carbons (Fsp3) is 0.650. The molecule has 1 amide bonds. The second-order valence-electron chi connectivity index (χ2n) is 8.67. The molecule has 2 aliphatic carbocycles. The van der Waals surface area contributed by atoms with Crippen molar-refractivity contribution in [3.63, 3.8) is 0 Å². The molecule has 7 nitrogen and oxygen atoms in total. The summed E-state index contributed by atoms with van der Waals surface area (Å²) in [6.07, 6.45) is 7.49. The van der Waals surface area contributed by atoms with Gasteiger partial charge in [0.15, 0.2) is 20.7 Å². The number of nitrogens with one attached hydrogen (secondary N) is 1. The number of carbonyl (C=O) groups excluding carboxylic acids is 1. The Hall–Kier alpha value is -1.74. The van der Waals surface area contributed by atoms with Crippen LogP contribution < -0.4 is 5.32 Å². The van der Waals surface area contributed by atoms with E-state index in [9.17, 15) is 13.2 Å². The molecule has 29 heavy (non-hydrogen) atoms. The van der Waals surface area contributed by atoms with Gasteiger partial charge < -0.3 is 0 Å². The zero-order valence-corrected chi connectivity index (χ0v) is 18.2. The van der Waals surface area contributed by atoms with Crippen LogP contribution in [-0.2, 0) is 35.5 Å². The van der Waals surface area contributed by atoms with E-state index in [4.69, 9.17) is 0 Å². The molecule has 0 saturated carbocycles. The second-order valence-corrected chi connectivity index (χ2v) is 12.0. The van der Waals surface area contributed by atoms with Gasteiger partial charge in [-0.3, -0.25) is 14.8 Å². The normalized spacial score (nSPS) is 25.4. The summed E-state index contributed by atoms with van der Waals surface area (Å²) in [5, 5.41) is 8.27. The quantitative estimate of drug-likeness (QED) is 0.802. The molecule has 1 aliphatic heterocycles. The fourth-order valence-electron chi connectivity index (χ4n) is 4.83. The van der Waals surface area contributed by atoms with Gasteiger partial charge in [-0.25, -0.2) is 13.4 Å². The Bertz CT molecular complexity index is 1070. The molecule has 5 rings (SSSR count). The van der Waals surface area contributed by atoms with Crippen molar-refractivity contribution in [1.29, 1.82) is 0 Å². The lowest BCUT2D eigenvalue weighted by Crippen LogP contribution is -2.17. The highest BCUT2D eigenvalue weighted by Crippen LogP contribution is 2.34. The maximum absolute atomic E-state index is 13.1. The molecule has 0 radical (unpaired) electrons. The third-order valence-corrected chi connectivity index (χ3v) is 9.17. The number of thiazole rings is 1. The van der Waals surface area contributed by atoms with Crippen LogP contribution in [0, 0.1) is 5.92 Å². The summed E-state index contributed by atoms with van der Waals surface area (Å²) in [6.45, 7) is 2.25. The second kappa shape index (κ2) is 7.19. The Labute approximate surface area is 174 Å². The number of aromatic nitrogens is 3. The van der Waals surface area contributed by atoms with Crippen molar-refractivity contribution in [2.45, 2.75) is 64.3 Å². The van der Waals surface area contributed by atoms with Gasteiger partial charge in [0.1, 0.15) is 0 Å². The Balaban J connectivity index is 1.43. The number of sulfone groups is 1. The van der Waals surface area contributed by atoms with Gasteiger partial charge in [-0.15, -0.1) is 11.3 Å². The lowest BCUT2D eigenvalue weighted by molar-refractivity contribution is 0.102. The van der Waals surface area contributed by atoms with Gasteiger partial charge in [0.25, 0.3) is 5.91 Å². The first-order valence-corrected chi connectivity index (χ1v) is 13.1. The number of hydrogen-bond acceptors (Lipinski definition) is 6. The third kappa shape index (κ3) is 3.63. The first-order valence-electron chi connectivity index (χ1n) is 10.5. The minimum absolute atomic E-state index is 0.125. The smallest absolute Gasteiger partial charge is 0.278 e. The van der Waals surface area contributed by atoms with E-state index < -0.39 is 9.84 Å². The van der Waals surface area contributed by atoms with Crippen molar-refractivity contribution in [3.8, 4) is 0 Å². The number of carbonyl (C=O) groups is 1. The summed E-state index contributed by atoms with van der Waals surface area (Å²) in [5.74, 6) is 0.773. The zero-order valence-electron chi connectivity index (χ0n) is 16.6. The highest BCUT2D eigenvalue weighted by atomic mass is 32.2. The molecule has 2 atom stereocenters. The number of amides is 1. The molecular weight excluding hydrogens is 408 g/mol. The molecule has 3 heterocycles. The first-order chi connectivity index (χ1) is 13.9. The van der Waals surface area contributed by atoms with Gasteiger partial charge in [0, 0.05) is 16.1 Å². The zero-order chi connectivity index (χ0) is 20.2. The van der Waals surface area contributed by atoms with E-state index >= 15 is 0 Å². The number of rotatable bonds is 3. The fourth-order valence-corrected chi connectivity index (χ4v) is 7.69. The molecule has 0 aromatic carbocycles. The van der Waals surface area contributed by atoms with E-state index in [1.807, 2.05) is 4.68 Å². The number of hydrogen-bond donors (Lipinski definition) is 1. The van der Waals surface area contributed by atoms with Crippen LogP contribution in [0.1, 0.15) is 71.0 Å². The van der Waals surface area contributed by atoms with Crippen LogP contribution in [0.3, 0.4) is 0 Å². The summed E-state index contributed by atoms with van der Waals surface area (Å²) in [5.41, 5.74) is 3.61. The maximum Gasteiger partial charge on any atom is 0.278 e. The molecule has 3 aliphatic rings. The molecule has 1 fully saturated rings. The van der Waals surface area contributed by atoms with Gasteiger partial charge in [0.2, 0.25) is 0 Å². The van der Waals surface area contributed by atoms with Gasteiger partial charge >= 0.3 is 0 Å². The SMILES string of the molecule is C[C@H]1CCc2nc(NC(=O)c3nn([C@@H]4CCS(=O)(=O)C4)c4c3CCCC4)sc2C1. The number of fused-ring (bicyclic) bond motifs is 2. The van der Waals surface area contributed by atoms with Crippen LogP contribution in [0.25, 0.3) is 0 Å². The molecule has 1 saturated heterocycles. The Morgan fingerprint density at radius 3 is 2.83 bits per heavy atom. The summed E-state index contributed by atoms with van der Waals surface area (Å²) in [4.78, 5) is 19.0. The van der Waals surface area contributed by atoms with Gasteiger partial charge in [0.05, 0.1) is 23.2 Å². The van der Waals surface area contributed by atoms with Crippen molar-refractivity contribution in [1.82, 2.24) is 14.8 Å². The highest BCUT2D eigenvalue weighted by Gasteiger charge is 2.34. The lowest BCUT2D eigenvalue weighted by atomic mass is 9.93. The predicted molar refractivity (Wildman–Crippen MR) is 112 cm³/mol. The summed E-state index contributed by atoms with van der Waals surface area (Å²) >= 11 is 1.57. The van der Waals surface area contributed by atoms with Gasteiger partial charge in [-0.1, -0.05) is 6.92 Å². The lowest BCUT2D eigenvalue weighted by Gasteiger charge is -2.17. The molecule has 156 valence electrons. The predicted octanol–water partition coefficient (Wildman–Crippen LogP) is 2.96. The molecular formula is C20H26N4O3S2. The first kappa shape index (κ1) is 19.2. The van der Waals surface area contributed by atoms with E-state index in [-0.39, 0.29) is 23.5 Å². The number of nitrogens with zero attached hydrogens (tertiary/aromatic N) is 3. The van der Waals surface area contributed by atoms with E-state index in [2.05, 4.69) is 22.3 Å². The highest BCUT2D eigenvalue weighted by molar-refractivity contribution is 7.91. The van der Waals surface area contributed by atoms with Crippen LogP contribution >= 0.6 is 11.3 Å². The van der Waals surface area contributed by atoms with Gasteiger partial charge in [-0.05, 0) is 57.3 Å². The van der Waals surface area contributed by atoms with Crippen molar-refractivity contribution in [3.05, 3.63) is 27.5 Å². The number of aryl methyl sites for hydroxylation is 1. The van der Waals surface area contributed by atoms with Crippen LogP contribution in [0.15, 0.2) is 0 Å². The van der Waals surface area contributed by atoms with Crippen LogP contribution in [0.5, 0.6) is 0 Å². The Morgan fingerprint density at radius 2 is 2.03 bits per heavy atom. The molecule has 2 aromatic rings. The average molecular weight is 435 g/mol. The molecule has 1 N–H and O–H groups in total. The van der Waals surface area contributed by atoms with E-state index in [1.54, 1.807) is 11.3 Å². The summed E-state index contributed by atoms with van der Waals surface area (Å²) < 4.78 is 25.8. The summed E-state index contributed by atoms with van der Waals surface area (Å²) in [6, 6.07) is -0.151. The largest absolute Gasteiger partial charge is 0.296 e. The van der Waals surface area contributed by atoms with E-state index in [0.29, 0.717) is 23.2 Å². The molecule has 2 aromatic heterocycles. The monoisotopic (exact) mass is 434 g/mol. The molecule has 0 spiro atoms. The molecule has 0 bridgehead atoms. The molecule has 9 heteroatoms. The molecule has 0 unspecified atom stereocenters. The van der Waals surface area contributed by atoms with Crippen LogP contribution in [-0.4, -0.2) is 40.6 Å². The maximum atomic E-state index is 13.1. The van der Waals surface area contributed by atoms with Crippen LogP contribution in [0.2, 0.25) is 0 Å². The Morgan fingerprint density at radius 1 is 1.21 bits per heavy atom. The van der Waals surface area contributed by atoms with Crippen LogP contribution in [0.4, 0.5) is 5.13 Å². The minimum Gasteiger partial charge on any atom is -0.296 e. The average Bonchev–Trinajstić information content (AvgIpc) is 3.35. The Kier molecular flexibility index (Phi) is 4.77. The standard InChI is InChI=1S/C20H26N4O3S2/c1-12-6-7-15-17(10-12)28-20(21-15)22-19(25)18-14-4-2-3-5-16(14)24(23-18)13-8-9-29(26,27)11-13/h12-13H,2-11H2,1H3,(H,21,22,25)/t12-,13+/m0/s1. The minimum atomic E-state index is -3.01.